The highest BCUT2D eigenvalue weighted by Crippen LogP contribution is 2.27. The molecule has 0 aliphatic heterocycles. The molecule has 0 bridgehead atoms. The van der Waals surface area contributed by atoms with Gasteiger partial charge >= 0.3 is 5.97 Å². The smallest absolute Gasteiger partial charge is 0.361 e. The first-order valence-corrected chi connectivity index (χ1v) is 13.2. The molecule has 2 aromatic carbocycles. The van der Waals surface area contributed by atoms with Gasteiger partial charge in [-0.3, -0.25) is 4.98 Å². The van der Waals surface area contributed by atoms with Crippen LogP contribution in [-0.4, -0.2) is 26.5 Å². The molecule has 6 heteroatoms. The predicted octanol–water partition coefficient (Wildman–Crippen LogP) is 7.27. The first-order chi connectivity index (χ1) is 18.4. The number of hydrogen-bond donors (Lipinski definition) is 0. The summed E-state index contributed by atoms with van der Waals surface area (Å²) in [5.74, 6) is 0.304. The van der Waals surface area contributed by atoms with Crippen molar-refractivity contribution >= 4 is 5.97 Å². The Morgan fingerprint density at radius 1 is 0.821 bits per heavy atom. The summed E-state index contributed by atoms with van der Waals surface area (Å²) >= 11 is 0. The summed E-state index contributed by atoms with van der Waals surface area (Å²) in [5, 5.41) is 0. The van der Waals surface area contributed by atoms with Crippen molar-refractivity contribution in [1.29, 1.82) is 0 Å². The number of ether oxygens (including phenoxy) is 2. The van der Waals surface area contributed by atoms with E-state index in [9.17, 15) is 4.79 Å². The molecule has 39 heavy (non-hydrogen) atoms. The summed E-state index contributed by atoms with van der Waals surface area (Å²) in [5.41, 5.74) is 5.32. The summed E-state index contributed by atoms with van der Waals surface area (Å²) in [4.78, 5) is 27.1. The third-order valence-electron chi connectivity index (χ3n) is 6.13. The Bertz CT molecular complexity index is 1420. The summed E-state index contributed by atoms with van der Waals surface area (Å²) in [6, 6.07) is 22.3. The highest BCUT2D eigenvalue weighted by molar-refractivity contribution is 5.91. The number of carbonyl (C=O) groups excluding carboxylic acids is 1. The normalized spacial score (nSPS) is 11.8. The van der Waals surface area contributed by atoms with E-state index in [1.54, 1.807) is 0 Å². The number of carbonyl (C=O) groups is 1. The topological polar surface area (TPSA) is 74.2 Å². The van der Waals surface area contributed by atoms with Crippen molar-refractivity contribution in [2.24, 2.45) is 0 Å². The number of pyridine rings is 1. The molecule has 0 saturated carbocycles. The first-order valence-electron chi connectivity index (χ1n) is 13.2. The van der Waals surface area contributed by atoms with Crippen molar-refractivity contribution in [3.05, 3.63) is 107 Å². The fourth-order valence-corrected chi connectivity index (χ4v) is 4.09. The quantitative estimate of drug-likeness (QED) is 0.237. The lowest BCUT2D eigenvalue weighted by molar-refractivity contribution is 0.00573. The minimum absolute atomic E-state index is 0.105. The maximum atomic E-state index is 13.1. The molecule has 0 aliphatic carbocycles. The van der Waals surface area contributed by atoms with E-state index in [0.717, 1.165) is 22.4 Å². The first kappa shape index (κ1) is 28.0. The number of aromatic nitrogens is 3. The lowest BCUT2D eigenvalue weighted by atomic mass is 9.86. The van der Waals surface area contributed by atoms with Crippen LogP contribution in [0.5, 0.6) is 5.75 Å². The van der Waals surface area contributed by atoms with Crippen LogP contribution in [-0.2, 0) is 23.2 Å². The Hall–Kier alpha value is -4.06. The average molecular weight is 524 g/mol. The Labute approximate surface area is 231 Å². The third-order valence-corrected chi connectivity index (χ3v) is 6.13. The van der Waals surface area contributed by atoms with Crippen LogP contribution in [0.3, 0.4) is 0 Å². The average Bonchev–Trinajstić information content (AvgIpc) is 2.87. The van der Waals surface area contributed by atoms with Crippen LogP contribution in [0, 0.1) is 6.92 Å². The second-order valence-electron chi connectivity index (χ2n) is 11.7. The van der Waals surface area contributed by atoms with Crippen LogP contribution < -0.4 is 4.74 Å². The van der Waals surface area contributed by atoms with Crippen molar-refractivity contribution in [2.75, 3.05) is 0 Å². The molecule has 6 nitrogen and oxygen atoms in total. The molecule has 0 fully saturated rings. The summed E-state index contributed by atoms with van der Waals surface area (Å²) in [7, 11) is 0. The van der Waals surface area contributed by atoms with E-state index in [2.05, 4.69) is 60.0 Å². The van der Waals surface area contributed by atoms with Gasteiger partial charge in [-0.15, -0.1) is 0 Å². The summed E-state index contributed by atoms with van der Waals surface area (Å²) < 4.78 is 11.7. The minimum atomic E-state index is -0.669. The second-order valence-corrected chi connectivity index (χ2v) is 11.7. The summed E-state index contributed by atoms with van der Waals surface area (Å²) in [6.07, 6.45) is 2.25. The van der Waals surface area contributed by atoms with Gasteiger partial charge in [-0.1, -0.05) is 81.4 Å². The van der Waals surface area contributed by atoms with Crippen molar-refractivity contribution < 1.29 is 14.3 Å². The van der Waals surface area contributed by atoms with Gasteiger partial charge < -0.3 is 9.47 Å². The number of rotatable bonds is 7. The van der Waals surface area contributed by atoms with Gasteiger partial charge in [0.15, 0.2) is 11.4 Å². The lowest BCUT2D eigenvalue weighted by Crippen LogP contribution is -2.25. The van der Waals surface area contributed by atoms with E-state index in [0.29, 0.717) is 30.3 Å². The Morgan fingerprint density at radius 3 is 2.10 bits per heavy atom. The molecule has 2 aromatic heterocycles. The molecule has 0 spiro atoms. The van der Waals surface area contributed by atoms with Crippen LogP contribution in [0.1, 0.15) is 80.2 Å². The minimum Gasteiger partial charge on any atom is -0.484 e. The molecule has 0 unspecified atom stereocenters. The molecule has 4 rings (SSSR count). The molecule has 0 atom stereocenters. The highest BCUT2D eigenvalue weighted by Gasteiger charge is 2.26. The molecular weight excluding hydrogens is 486 g/mol. The van der Waals surface area contributed by atoms with E-state index in [1.807, 2.05) is 76.4 Å². The number of aryl methyl sites for hydroxylation is 1. The zero-order valence-electron chi connectivity index (χ0n) is 23.9. The van der Waals surface area contributed by atoms with Gasteiger partial charge in [-0.25, -0.2) is 14.8 Å². The number of nitrogens with zero attached hydrogens (tertiary/aromatic N) is 3. The zero-order chi connectivity index (χ0) is 28.2. The lowest BCUT2D eigenvalue weighted by Gasteiger charge is -2.21. The second kappa shape index (κ2) is 11.4. The van der Waals surface area contributed by atoms with Gasteiger partial charge in [0.2, 0.25) is 0 Å². The Balaban J connectivity index is 1.57. The Kier molecular flexibility index (Phi) is 8.14. The van der Waals surface area contributed by atoms with E-state index in [1.165, 1.54) is 5.56 Å². The van der Waals surface area contributed by atoms with Gasteiger partial charge in [0.25, 0.3) is 0 Å². The van der Waals surface area contributed by atoms with Crippen molar-refractivity contribution in [2.45, 2.75) is 72.5 Å². The molecule has 0 N–H and O–H groups in total. The maximum absolute atomic E-state index is 13.1. The monoisotopic (exact) mass is 523 g/mol. The summed E-state index contributed by atoms with van der Waals surface area (Å²) in [6.45, 7) is 14.2. The fraction of sp³-hybridized carbons (Fsp3) is 0.333. The van der Waals surface area contributed by atoms with Gasteiger partial charge in [0.1, 0.15) is 18.0 Å². The highest BCUT2D eigenvalue weighted by atomic mass is 16.6. The Morgan fingerprint density at radius 2 is 1.51 bits per heavy atom. The number of benzene rings is 2. The molecule has 0 aliphatic rings. The SMILES string of the molecule is Cc1nc(Cc2ccc(-c3ccc(C(C)(C)C)cc3)nc2)nc(C(=O)OC(C)(C)C)c1OCc1ccccc1. The van der Waals surface area contributed by atoms with E-state index < -0.39 is 11.6 Å². The maximum Gasteiger partial charge on any atom is 0.361 e. The number of esters is 1. The van der Waals surface area contributed by atoms with Crippen LogP contribution in [0.2, 0.25) is 0 Å². The van der Waals surface area contributed by atoms with Crippen LogP contribution >= 0.6 is 0 Å². The van der Waals surface area contributed by atoms with Crippen molar-refractivity contribution in [1.82, 2.24) is 15.0 Å². The molecule has 0 saturated heterocycles. The number of hydrogen-bond acceptors (Lipinski definition) is 6. The molecule has 202 valence electrons. The van der Waals surface area contributed by atoms with E-state index >= 15 is 0 Å². The van der Waals surface area contributed by atoms with Crippen LogP contribution in [0.4, 0.5) is 0 Å². The molecular formula is C33H37N3O3. The molecule has 0 radical (unpaired) electrons. The van der Waals surface area contributed by atoms with Crippen LogP contribution in [0.15, 0.2) is 72.9 Å². The van der Waals surface area contributed by atoms with Crippen LogP contribution in [0.25, 0.3) is 11.3 Å². The predicted molar refractivity (Wildman–Crippen MR) is 154 cm³/mol. The molecule has 0 amide bonds. The largest absolute Gasteiger partial charge is 0.484 e. The fourth-order valence-electron chi connectivity index (χ4n) is 4.09. The van der Waals surface area contributed by atoms with Crippen molar-refractivity contribution in [3.8, 4) is 17.0 Å². The van der Waals surface area contributed by atoms with Gasteiger partial charge in [0.05, 0.1) is 11.4 Å². The molecule has 2 heterocycles. The van der Waals surface area contributed by atoms with Crippen molar-refractivity contribution in [3.63, 3.8) is 0 Å². The van der Waals surface area contributed by atoms with Gasteiger partial charge in [-0.2, -0.15) is 0 Å². The zero-order valence-corrected chi connectivity index (χ0v) is 23.9. The standard InChI is InChI=1S/C33H37N3O3/c1-22-30(38-21-23-11-9-8-10-12-23)29(31(37)39-33(5,6)7)36-28(35-22)19-24-13-18-27(34-20-24)25-14-16-26(17-15-25)32(2,3)4/h8-18,20H,19,21H2,1-7H3. The third kappa shape index (κ3) is 7.50. The van der Waals surface area contributed by atoms with Gasteiger partial charge in [-0.05, 0) is 55.9 Å². The van der Waals surface area contributed by atoms with Gasteiger partial charge in [0, 0.05) is 18.2 Å². The van der Waals surface area contributed by atoms with E-state index in [-0.39, 0.29) is 11.1 Å². The molecule has 4 aromatic rings. The van der Waals surface area contributed by atoms with E-state index in [4.69, 9.17) is 9.47 Å².